The molecule has 0 bridgehead atoms. The van der Waals surface area contributed by atoms with Crippen molar-refractivity contribution < 1.29 is 0 Å². The summed E-state index contributed by atoms with van der Waals surface area (Å²) in [5.74, 6) is 0. The van der Waals surface area contributed by atoms with Crippen molar-refractivity contribution in [3.63, 3.8) is 0 Å². The summed E-state index contributed by atoms with van der Waals surface area (Å²) in [7, 11) is 7.37. The lowest BCUT2D eigenvalue weighted by atomic mass is 9.89. The van der Waals surface area contributed by atoms with Crippen LogP contribution in [-0.4, -0.2) is 28.2 Å². The summed E-state index contributed by atoms with van der Waals surface area (Å²) in [6.07, 6.45) is 0. The summed E-state index contributed by atoms with van der Waals surface area (Å²) in [5.41, 5.74) is 1.06. The maximum atomic E-state index is 10.0. The van der Waals surface area contributed by atoms with Crippen molar-refractivity contribution in [1.29, 1.82) is 42.1 Å². The lowest BCUT2D eigenvalue weighted by molar-refractivity contribution is 1.13. The zero-order valence-electron chi connectivity index (χ0n) is 25.7. The summed E-state index contributed by atoms with van der Waals surface area (Å²) in [4.78, 5) is 4.23. The highest BCUT2D eigenvalue weighted by atomic mass is 32.1. The molecule has 0 aliphatic carbocycles. The van der Waals surface area contributed by atoms with Gasteiger partial charge in [-0.1, -0.05) is 24.3 Å². The maximum Gasteiger partial charge on any atom is 0.138 e. The first-order valence-electron chi connectivity index (χ1n) is 13.5. The number of hydrogen-bond acceptors (Lipinski definition) is 11. The Labute approximate surface area is 276 Å². The summed E-state index contributed by atoms with van der Waals surface area (Å²) in [6.45, 7) is 0. The van der Waals surface area contributed by atoms with Gasteiger partial charge in [0.05, 0.1) is 0 Å². The predicted molar refractivity (Wildman–Crippen MR) is 178 cm³/mol. The van der Waals surface area contributed by atoms with Crippen molar-refractivity contribution in [3.8, 4) is 48.6 Å². The number of rotatable bonds is 8. The Morgan fingerprint density at radius 1 is 0.404 bits per heavy atom. The molecule has 3 rings (SSSR count). The molecule has 0 spiro atoms. The van der Waals surface area contributed by atoms with E-state index in [0.717, 1.165) is 22.7 Å². The molecule has 1 aromatic heterocycles. The van der Waals surface area contributed by atoms with E-state index in [0.29, 0.717) is 11.1 Å². The van der Waals surface area contributed by atoms with Crippen LogP contribution in [0.5, 0.6) is 0 Å². The molecule has 0 aliphatic rings. The Hall–Kier alpha value is -7.38. The van der Waals surface area contributed by atoms with Gasteiger partial charge in [-0.2, -0.15) is 42.1 Å². The molecule has 0 atom stereocenters. The molecule has 3 aromatic rings. The quantitative estimate of drug-likeness (QED) is 0.197. The van der Waals surface area contributed by atoms with Crippen molar-refractivity contribution in [1.82, 2.24) is 0 Å². The van der Waals surface area contributed by atoms with Gasteiger partial charge < -0.3 is 9.80 Å². The average Bonchev–Trinajstić information content (AvgIpc) is 3.57. The van der Waals surface area contributed by atoms with E-state index in [2.05, 4.69) is 0 Å². The fourth-order valence-electron chi connectivity index (χ4n) is 4.58. The molecule has 10 nitrogen and oxygen atoms in total. The summed E-state index contributed by atoms with van der Waals surface area (Å²) in [5, 5.41) is 79.8. The molecule has 47 heavy (non-hydrogen) atoms. The molecule has 0 fully saturated rings. The number of thiophene rings is 1. The van der Waals surface area contributed by atoms with Gasteiger partial charge in [-0.05, 0) is 47.5 Å². The molecular weight excluding hydrogens is 605 g/mol. The lowest BCUT2D eigenvalue weighted by Gasteiger charge is -2.16. The van der Waals surface area contributed by atoms with Gasteiger partial charge in [-0.15, -0.1) is 11.3 Å². The highest BCUT2D eigenvalue weighted by Crippen LogP contribution is 2.44. The smallest absolute Gasteiger partial charge is 0.138 e. The first-order valence-corrected chi connectivity index (χ1v) is 14.3. The van der Waals surface area contributed by atoms with E-state index in [-0.39, 0.29) is 54.3 Å². The zero-order valence-corrected chi connectivity index (χ0v) is 26.5. The number of hydrogen-bond donors (Lipinski definition) is 0. The van der Waals surface area contributed by atoms with Gasteiger partial charge in [-0.25, -0.2) is 0 Å². The highest BCUT2D eigenvalue weighted by molar-refractivity contribution is 7.14. The number of nitrogens with zero attached hydrogens (tertiary/aromatic N) is 10. The molecule has 222 valence electrons. The largest absolute Gasteiger partial charge is 0.378 e. The minimum absolute atomic E-state index is 0.00146. The Bertz CT molecular complexity index is 1980. The third kappa shape index (κ3) is 7.06. The van der Waals surface area contributed by atoms with Crippen LogP contribution >= 0.6 is 11.3 Å². The minimum atomic E-state index is -0.385. The fourth-order valence-corrected chi connectivity index (χ4v) is 5.70. The first kappa shape index (κ1) is 34.1. The van der Waals surface area contributed by atoms with E-state index in [1.807, 2.05) is 86.5 Å². The minimum Gasteiger partial charge on any atom is -0.378 e. The van der Waals surface area contributed by atoms with Crippen molar-refractivity contribution >= 4 is 45.0 Å². The lowest BCUT2D eigenvalue weighted by Crippen LogP contribution is -2.08. The molecule has 2 aromatic carbocycles. The number of nitriles is 8. The van der Waals surface area contributed by atoms with Crippen LogP contribution in [0.3, 0.4) is 0 Å². The second kappa shape index (κ2) is 15.4. The van der Waals surface area contributed by atoms with Crippen LogP contribution in [0.15, 0.2) is 83.0 Å². The second-order valence-corrected chi connectivity index (χ2v) is 11.0. The number of anilines is 2. The summed E-state index contributed by atoms with van der Waals surface area (Å²) >= 11 is 0.963. The molecular formula is C36H22N10S. The van der Waals surface area contributed by atoms with Crippen molar-refractivity contribution in [3.05, 3.63) is 104 Å². The first-order chi connectivity index (χ1) is 22.6. The third-order valence-electron chi connectivity index (χ3n) is 6.84. The molecule has 1 heterocycles. The SMILES string of the molecule is CN(C)c1ccc(C(=C(C#N)C#N)C(=C(C#N)C#N)c2ccc(C(=C(C#N)C#N)C(=C(C#N)C#N)c3ccc(N(C)C)cc3)s2)cc1. The molecule has 0 N–H and O–H groups in total. The summed E-state index contributed by atoms with van der Waals surface area (Å²) in [6, 6.07) is 31.7. The van der Waals surface area contributed by atoms with E-state index in [1.54, 1.807) is 48.5 Å². The van der Waals surface area contributed by atoms with E-state index >= 15 is 0 Å². The third-order valence-corrected chi connectivity index (χ3v) is 7.96. The number of benzene rings is 2. The molecule has 0 unspecified atom stereocenters. The monoisotopic (exact) mass is 626 g/mol. The Kier molecular flexibility index (Phi) is 11.2. The average molecular weight is 627 g/mol. The van der Waals surface area contributed by atoms with Crippen LogP contribution in [0.1, 0.15) is 20.9 Å². The Morgan fingerprint density at radius 3 is 0.894 bits per heavy atom. The van der Waals surface area contributed by atoms with E-state index in [4.69, 9.17) is 0 Å². The van der Waals surface area contributed by atoms with E-state index in [9.17, 15) is 42.1 Å². The van der Waals surface area contributed by atoms with Crippen molar-refractivity contribution in [2.24, 2.45) is 0 Å². The van der Waals surface area contributed by atoms with Crippen molar-refractivity contribution in [2.45, 2.75) is 0 Å². The van der Waals surface area contributed by atoms with Gasteiger partial charge in [0.25, 0.3) is 0 Å². The molecule has 0 aliphatic heterocycles. The van der Waals surface area contributed by atoms with Crippen LogP contribution in [0.2, 0.25) is 0 Å². The molecule has 0 saturated carbocycles. The van der Waals surface area contributed by atoms with Gasteiger partial charge in [0.1, 0.15) is 70.8 Å². The van der Waals surface area contributed by atoms with Crippen LogP contribution in [-0.2, 0) is 0 Å². The summed E-state index contributed by atoms with van der Waals surface area (Å²) < 4.78 is 0. The molecule has 11 heteroatoms. The Balaban J connectivity index is 2.46. The molecule has 0 amide bonds. The van der Waals surface area contributed by atoms with Gasteiger partial charge in [0.15, 0.2) is 0 Å². The van der Waals surface area contributed by atoms with Crippen LogP contribution < -0.4 is 9.80 Å². The topological polar surface area (TPSA) is 197 Å². The predicted octanol–water partition coefficient (Wildman–Crippen LogP) is 6.48. The molecule has 0 radical (unpaired) electrons. The Morgan fingerprint density at radius 2 is 0.660 bits per heavy atom. The van der Waals surface area contributed by atoms with Crippen LogP contribution in [0, 0.1) is 90.6 Å². The normalized spacial score (nSPS) is 9.11. The second-order valence-electron chi connectivity index (χ2n) is 9.94. The fraction of sp³-hybridized carbons (Fsp3) is 0.111. The molecule has 0 saturated heterocycles. The van der Waals surface area contributed by atoms with Crippen LogP contribution in [0.25, 0.3) is 22.3 Å². The maximum absolute atomic E-state index is 10.0. The van der Waals surface area contributed by atoms with E-state index in [1.165, 1.54) is 12.1 Å². The van der Waals surface area contributed by atoms with Crippen LogP contribution in [0.4, 0.5) is 11.4 Å². The number of allylic oxidation sites excluding steroid dienone is 8. The van der Waals surface area contributed by atoms with Crippen molar-refractivity contribution in [2.75, 3.05) is 38.0 Å². The van der Waals surface area contributed by atoms with Gasteiger partial charge in [-0.3, -0.25) is 0 Å². The highest BCUT2D eigenvalue weighted by Gasteiger charge is 2.26. The zero-order chi connectivity index (χ0) is 34.7. The van der Waals surface area contributed by atoms with E-state index < -0.39 is 0 Å². The van der Waals surface area contributed by atoms with Gasteiger partial charge in [0, 0.05) is 71.6 Å². The standard InChI is InChI=1S/C36H22N10S/c1-45(2)29-9-5-23(6-10-29)33(25(15-37)16-38)35(27(19-41)20-42)31-13-14-32(47-31)36(28(21-43)22-44)34(26(17-39)18-40)24-7-11-30(12-8-24)46(3)4/h5-14H,1-4H3. The van der Waals surface area contributed by atoms with Gasteiger partial charge in [0.2, 0.25) is 0 Å². The van der Waals surface area contributed by atoms with Gasteiger partial charge >= 0.3 is 0 Å².